The summed E-state index contributed by atoms with van der Waals surface area (Å²) in [6.07, 6.45) is -0.406. The van der Waals surface area contributed by atoms with Crippen LogP contribution in [0.1, 0.15) is 49.9 Å². The smallest absolute Gasteiger partial charge is 0.408 e. The fourth-order valence-electron chi connectivity index (χ4n) is 2.47. The molecule has 1 aromatic rings. The summed E-state index contributed by atoms with van der Waals surface area (Å²) >= 11 is 0. The molecule has 0 heterocycles. The van der Waals surface area contributed by atoms with E-state index in [1.165, 1.54) is 0 Å². The maximum Gasteiger partial charge on any atom is 0.408 e. The van der Waals surface area contributed by atoms with E-state index >= 15 is 0 Å². The zero-order chi connectivity index (χ0) is 19.2. The molecule has 1 unspecified atom stereocenters. The number of nitrogens with one attached hydrogen (secondary N) is 1. The van der Waals surface area contributed by atoms with Gasteiger partial charge in [0.2, 0.25) is 0 Å². The van der Waals surface area contributed by atoms with Crippen LogP contribution in [-0.2, 0) is 20.7 Å². The monoisotopic (exact) mass is 346 g/mol. The van der Waals surface area contributed by atoms with E-state index in [-0.39, 0.29) is 13.0 Å². The molecule has 0 saturated heterocycles. The number of aryl methyl sites for hydroxylation is 2. The molecule has 0 aliphatic carbocycles. The van der Waals surface area contributed by atoms with E-state index in [1.807, 2.05) is 13.8 Å². The molecule has 0 fully saturated rings. The summed E-state index contributed by atoms with van der Waals surface area (Å²) in [7, 11) is 0. The Kier molecular flexibility index (Phi) is 6.98. The van der Waals surface area contributed by atoms with Crippen molar-refractivity contribution in [3.05, 3.63) is 34.4 Å². The first-order chi connectivity index (χ1) is 11.6. The first-order valence-corrected chi connectivity index (χ1v) is 8.23. The van der Waals surface area contributed by atoms with Gasteiger partial charge in [0.05, 0.1) is 18.2 Å². The van der Waals surface area contributed by atoms with Crippen LogP contribution in [-0.4, -0.2) is 30.3 Å². The summed E-state index contributed by atoms with van der Waals surface area (Å²) in [4.78, 5) is 24.3. The van der Waals surface area contributed by atoms with Gasteiger partial charge >= 0.3 is 12.1 Å². The molecule has 0 aromatic heterocycles. The molecule has 1 aromatic carbocycles. The van der Waals surface area contributed by atoms with Crippen LogP contribution < -0.4 is 5.32 Å². The fourth-order valence-corrected chi connectivity index (χ4v) is 2.47. The molecule has 0 radical (unpaired) electrons. The number of esters is 1. The van der Waals surface area contributed by atoms with Gasteiger partial charge in [-0.3, -0.25) is 0 Å². The van der Waals surface area contributed by atoms with Crippen LogP contribution in [0.2, 0.25) is 0 Å². The van der Waals surface area contributed by atoms with E-state index in [1.54, 1.807) is 39.8 Å². The van der Waals surface area contributed by atoms with Gasteiger partial charge in [0, 0.05) is 6.42 Å². The number of alkyl carbamates (subject to hydrolysis) is 1. The minimum atomic E-state index is -0.861. The van der Waals surface area contributed by atoms with Crippen molar-refractivity contribution in [3.63, 3.8) is 0 Å². The van der Waals surface area contributed by atoms with Gasteiger partial charge in [-0.1, -0.05) is 0 Å². The van der Waals surface area contributed by atoms with Crippen LogP contribution >= 0.6 is 0 Å². The molecule has 0 saturated carbocycles. The van der Waals surface area contributed by atoms with Crippen LogP contribution in [0.4, 0.5) is 4.79 Å². The lowest BCUT2D eigenvalue weighted by molar-refractivity contribution is -0.145. The highest BCUT2D eigenvalue weighted by Gasteiger charge is 2.26. The Balaban J connectivity index is 3.04. The number of nitriles is 1. The van der Waals surface area contributed by atoms with Gasteiger partial charge in [-0.2, -0.15) is 5.26 Å². The number of benzene rings is 1. The van der Waals surface area contributed by atoms with E-state index in [4.69, 9.17) is 14.7 Å². The van der Waals surface area contributed by atoms with Crippen molar-refractivity contribution in [1.29, 1.82) is 5.26 Å². The number of hydrogen-bond donors (Lipinski definition) is 1. The van der Waals surface area contributed by atoms with Crippen LogP contribution in [0.15, 0.2) is 12.1 Å². The molecule has 1 atom stereocenters. The van der Waals surface area contributed by atoms with E-state index in [0.29, 0.717) is 5.56 Å². The maximum absolute atomic E-state index is 12.2. The lowest BCUT2D eigenvalue weighted by atomic mass is 9.94. The predicted molar refractivity (Wildman–Crippen MR) is 94.1 cm³/mol. The first kappa shape index (κ1) is 20.5. The second-order valence-corrected chi connectivity index (χ2v) is 6.86. The third-order valence-corrected chi connectivity index (χ3v) is 3.50. The number of rotatable bonds is 5. The molecule has 1 rings (SSSR count). The van der Waals surface area contributed by atoms with E-state index < -0.39 is 23.7 Å². The summed E-state index contributed by atoms with van der Waals surface area (Å²) in [5.74, 6) is -0.517. The molecule has 1 N–H and O–H groups in total. The Bertz CT molecular complexity index is 661. The highest BCUT2D eigenvalue weighted by molar-refractivity contribution is 5.82. The zero-order valence-electron chi connectivity index (χ0n) is 15.7. The second kappa shape index (κ2) is 8.52. The fraction of sp³-hybridized carbons (Fsp3) is 0.526. The molecule has 0 aliphatic rings. The quantitative estimate of drug-likeness (QED) is 0.827. The molecule has 6 nitrogen and oxygen atoms in total. The number of carbonyl (C=O) groups is 2. The Morgan fingerprint density at radius 1 is 1.24 bits per heavy atom. The van der Waals surface area contributed by atoms with Crippen LogP contribution in [0, 0.1) is 25.2 Å². The highest BCUT2D eigenvalue weighted by atomic mass is 16.6. The summed E-state index contributed by atoms with van der Waals surface area (Å²) < 4.78 is 10.3. The SMILES string of the molecule is CCOC(=O)C(Cc1c(C)cc(C#N)cc1C)NC(=O)OC(C)(C)C. The Morgan fingerprint density at radius 2 is 1.80 bits per heavy atom. The van der Waals surface area contributed by atoms with Crippen molar-refractivity contribution in [2.24, 2.45) is 0 Å². The number of nitrogens with zero attached hydrogens (tertiary/aromatic N) is 1. The lowest BCUT2D eigenvalue weighted by Crippen LogP contribution is -2.45. The first-order valence-electron chi connectivity index (χ1n) is 8.23. The van der Waals surface area contributed by atoms with Crippen molar-refractivity contribution in [2.75, 3.05) is 6.61 Å². The number of carbonyl (C=O) groups excluding carboxylic acids is 2. The molecule has 1 amide bonds. The number of amides is 1. The van der Waals surface area contributed by atoms with E-state index in [0.717, 1.165) is 16.7 Å². The predicted octanol–water partition coefficient (Wildman–Crippen LogP) is 3.17. The van der Waals surface area contributed by atoms with Crippen molar-refractivity contribution in [1.82, 2.24) is 5.32 Å². The molecule has 6 heteroatoms. The summed E-state index contributed by atoms with van der Waals surface area (Å²) in [5, 5.41) is 11.6. The molecule has 25 heavy (non-hydrogen) atoms. The number of ether oxygens (including phenoxy) is 2. The van der Waals surface area contributed by atoms with E-state index in [2.05, 4.69) is 11.4 Å². The van der Waals surface area contributed by atoms with Crippen LogP contribution in [0.3, 0.4) is 0 Å². The van der Waals surface area contributed by atoms with E-state index in [9.17, 15) is 9.59 Å². The van der Waals surface area contributed by atoms with Gasteiger partial charge < -0.3 is 14.8 Å². The highest BCUT2D eigenvalue weighted by Crippen LogP contribution is 2.19. The second-order valence-electron chi connectivity index (χ2n) is 6.86. The number of hydrogen-bond acceptors (Lipinski definition) is 5. The van der Waals surface area contributed by atoms with Gasteiger partial charge in [-0.05, 0) is 70.4 Å². The third kappa shape index (κ3) is 6.46. The largest absolute Gasteiger partial charge is 0.464 e. The van der Waals surface area contributed by atoms with Gasteiger partial charge in [-0.15, -0.1) is 0 Å². The Morgan fingerprint density at radius 3 is 2.24 bits per heavy atom. The summed E-state index contributed by atoms with van der Waals surface area (Å²) in [6, 6.07) is 4.77. The van der Waals surface area contributed by atoms with Crippen molar-refractivity contribution < 1.29 is 19.1 Å². The van der Waals surface area contributed by atoms with Gasteiger partial charge in [0.15, 0.2) is 0 Å². The molecule has 136 valence electrons. The normalized spacial score (nSPS) is 12.0. The lowest BCUT2D eigenvalue weighted by Gasteiger charge is -2.23. The molecule has 0 spiro atoms. The van der Waals surface area contributed by atoms with Crippen molar-refractivity contribution >= 4 is 12.1 Å². The minimum absolute atomic E-state index is 0.219. The van der Waals surface area contributed by atoms with Gasteiger partial charge in [0.1, 0.15) is 11.6 Å². The average molecular weight is 346 g/mol. The van der Waals surface area contributed by atoms with Crippen LogP contribution in [0.5, 0.6) is 0 Å². The Labute approximate surface area is 149 Å². The van der Waals surface area contributed by atoms with Crippen molar-refractivity contribution in [2.45, 2.75) is 59.6 Å². The molecule has 0 aliphatic heterocycles. The van der Waals surface area contributed by atoms with Gasteiger partial charge in [0.25, 0.3) is 0 Å². The standard InChI is InChI=1S/C19H26N2O4/c1-7-24-17(22)16(21-18(23)25-19(4,5)6)10-15-12(2)8-14(11-20)9-13(15)3/h8-9,16H,7,10H2,1-6H3,(H,21,23). The Hall–Kier alpha value is -2.55. The van der Waals surface area contributed by atoms with Crippen LogP contribution in [0.25, 0.3) is 0 Å². The summed E-state index contributed by atoms with van der Waals surface area (Å²) in [6.45, 7) is 10.9. The zero-order valence-corrected chi connectivity index (χ0v) is 15.7. The minimum Gasteiger partial charge on any atom is -0.464 e. The van der Waals surface area contributed by atoms with Crippen molar-refractivity contribution in [3.8, 4) is 6.07 Å². The van der Waals surface area contributed by atoms with Gasteiger partial charge in [-0.25, -0.2) is 9.59 Å². The molecular formula is C19H26N2O4. The maximum atomic E-state index is 12.2. The average Bonchev–Trinajstić information content (AvgIpc) is 2.47. The topological polar surface area (TPSA) is 88.4 Å². The molecular weight excluding hydrogens is 320 g/mol. The third-order valence-electron chi connectivity index (χ3n) is 3.50. The summed E-state index contributed by atoms with van der Waals surface area (Å²) in [5.41, 5.74) is 2.57. The molecule has 0 bridgehead atoms.